The number of thioether (sulfide) groups is 1. The van der Waals surface area contributed by atoms with E-state index < -0.39 is 0 Å². The summed E-state index contributed by atoms with van der Waals surface area (Å²) in [5.41, 5.74) is 1.47. The number of hydrogen-bond acceptors (Lipinski definition) is 5. The van der Waals surface area contributed by atoms with Gasteiger partial charge in [-0.15, -0.1) is 21.5 Å². The SMILES string of the molecule is O=C(CSc1nnc(-c2ccccc2F)n1C1CC1)NC(c1ccccc1)c1cccs1. The molecule has 0 aliphatic heterocycles. The molecule has 1 aliphatic carbocycles. The summed E-state index contributed by atoms with van der Waals surface area (Å²) < 4.78 is 16.3. The van der Waals surface area contributed by atoms with Crippen LogP contribution < -0.4 is 5.32 Å². The highest BCUT2D eigenvalue weighted by molar-refractivity contribution is 7.99. The van der Waals surface area contributed by atoms with Crippen molar-refractivity contribution in [1.29, 1.82) is 0 Å². The van der Waals surface area contributed by atoms with Crippen LogP contribution in [-0.2, 0) is 4.79 Å². The lowest BCUT2D eigenvalue weighted by Gasteiger charge is -2.18. The third-order valence-corrected chi connectivity index (χ3v) is 7.17. The van der Waals surface area contributed by atoms with Gasteiger partial charge in [-0.3, -0.25) is 9.36 Å². The van der Waals surface area contributed by atoms with Gasteiger partial charge in [0.2, 0.25) is 5.91 Å². The van der Waals surface area contributed by atoms with Crippen LogP contribution in [0.25, 0.3) is 11.4 Å². The minimum absolute atomic E-state index is 0.0879. The molecular weight excluding hydrogens is 443 g/mol. The second-order valence-corrected chi connectivity index (χ2v) is 9.52. The summed E-state index contributed by atoms with van der Waals surface area (Å²) in [5, 5.41) is 14.3. The zero-order valence-corrected chi connectivity index (χ0v) is 18.8. The topological polar surface area (TPSA) is 59.8 Å². The quantitative estimate of drug-likeness (QED) is 0.351. The summed E-state index contributed by atoms with van der Waals surface area (Å²) in [6, 6.07) is 20.6. The molecule has 0 radical (unpaired) electrons. The van der Waals surface area contributed by atoms with Gasteiger partial charge in [-0.25, -0.2) is 4.39 Å². The van der Waals surface area contributed by atoms with Crippen molar-refractivity contribution < 1.29 is 9.18 Å². The Morgan fingerprint density at radius 3 is 2.59 bits per heavy atom. The molecule has 2 aromatic carbocycles. The highest BCUT2D eigenvalue weighted by Crippen LogP contribution is 2.41. The van der Waals surface area contributed by atoms with Gasteiger partial charge in [-0.2, -0.15) is 0 Å². The molecular formula is C24H21FN4OS2. The van der Waals surface area contributed by atoms with Crippen LogP contribution in [0.5, 0.6) is 0 Å². The lowest BCUT2D eigenvalue weighted by molar-refractivity contribution is -0.119. The zero-order valence-electron chi connectivity index (χ0n) is 17.1. The fourth-order valence-corrected chi connectivity index (χ4v) is 5.24. The second kappa shape index (κ2) is 9.26. The van der Waals surface area contributed by atoms with Gasteiger partial charge in [0.05, 0.1) is 17.4 Å². The summed E-state index contributed by atoms with van der Waals surface area (Å²) in [7, 11) is 0. The number of nitrogens with zero attached hydrogens (tertiary/aromatic N) is 3. The smallest absolute Gasteiger partial charge is 0.231 e. The Kier molecular flexibility index (Phi) is 6.05. The Morgan fingerprint density at radius 1 is 1.09 bits per heavy atom. The van der Waals surface area contributed by atoms with Crippen LogP contribution in [0.15, 0.2) is 77.3 Å². The zero-order chi connectivity index (χ0) is 21.9. The Balaban J connectivity index is 1.33. The normalized spacial score (nSPS) is 14.3. The van der Waals surface area contributed by atoms with E-state index in [4.69, 9.17) is 0 Å². The maximum absolute atomic E-state index is 14.4. The van der Waals surface area contributed by atoms with E-state index >= 15 is 0 Å². The van der Waals surface area contributed by atoms with Gasteiger partial charge in [-0.05, 0) is 42.0 Å². The number of aromatic nitrogens is 3. The van der Waals surface area contributed by atoms with Crippen molar-refractivity contribution in [1.82, 2.24) is 20.1 Å². The number of carbonyl (C=O) groups is 1. The summed E-state index contributed by atoms with van der Waals surface area (Å²) in [5.74, 6) is 0.318. The van der Waals surface area contributed by atoms with Gasteiger partial charge in [-0.1, -0.05) is 60.3 Å². The van der Waals surface area contributed by atoms with Crippen molar-refractivity contribution in [2.45, 2.75) is 30.1 Å². The highest BCUT2D eigenvalue weighted by Gasteiger charge is 2.31. The largest absolute Gasteiger partial charge is 0.344 e. The highest BCUT2D eigenvalue weighted by atomic mass is 32.2. The van der Waals surface area contributed by atoms with Crippen molar-refractivity contribution in [3.05, 3.63) is 88.4 Å². The standard InChI is InChI=1S/C24H21FN4OS2/c25-19-10-5-4-9-18(19)23-27-28-24(29(23)17-12-13-17)32-15-21(30)26-22(20-11-6-14-31-20)16-7-2-1-3-8-16/h1-11,14,17,22H,12-13,15H2,(H,26,30). The minimum atomic E-state index is -0.322. The average molecular weight is 465 g/mol. The Hall–Kier alpha value is -2.97. The van der Waals surface area contributed by atoms with Gasteiger partial charge in [0.15, 0.2) is 11.0 Å². The maximum atomic E-state index is 14.4. The van der Waals surface area contributed by atoms with Crippen LogP contribution in [-0.4, -0.2) is 26.4 Å². The first-order valence-corrected chi connectivity index (χ1v) is 12.3. The van der Waals surface area contributed by atoms with Crippen LogP contribution in [0.4, 0.5) is 4.39 Å². The molecule has 0 bridgehead atoms. The van der Waals surface area contributed by atoms with E-state index in [0.29, 0.717) is 16.5 Å². The van der Waals surface area contributed by atoms with Crippen LogP contribution in [0.2, 0.25) is 0 Å². The number of halogens is 1. The maximum Gasteiger partial charge on any atom is 0.231 e. The molecule has 2 aromatic heterocycles. The van der Waals surface area contributed by atoms with Gasteiger partial charge in [0.25, 0.3) is 0 Å². The molecule has 1 unspecified atom stereocenters. The summed E-state index contributed by atoms with van der Waals surface area (Å²) in [6.45, 7) is 0. The van der Waals surface area contributed by atoms with Gasteiger partial charge in [0.1, 0.15) is 5.82 Å². The molecule has 1 N–H and O–H groups in total. The van der Waals surface area contributed by atoms with E-state index in [0.717, 1.165) is 23.3 Å². The number of carbonyl (C=O) groups excluding carboxylic acids is 1. The lowest BCUT2D eigenvalue weighted by atomic mass is 10.1. The van der Waals surface area contributed by atoms with Crippen LogP contribution in [0.1, 0.15) is 35.4 Å². The minimum Gasteiger partial charge on any atom is -0.344 e. The molecule has 2 heterocycles. The van der Waals surface area contributed by atoms with E-state index in [1.165, 1.54) is 17.8 Å². The number of rotatable bonds is 8. The van der Waals surface area contributed by atoms with E-state index in [1.54, 1.807) is 29.5 Å². The summed E-state index contributed by atoms with van der Waals surface area (Å²) in [6.07, 6.45) is 2.02. The van der Waals surface area contributed by atoms with Gasteiger partial charge >= 0.3 is 0 Å². The summed E-state index contributed by atoms with van der Waals surface area (Å²) in [4.78, 5) is 14.0. The summed E-state index contributed by atoms with van der Waals surface area (Å²) >= 11 is 2.95. The van der Waals surface area contributed by atoms with E-state index in [9.17, 15) is 9.18 Å². The van der Waals surface area contributed by atoms with Crippen LogP contribution in [0.3, 0.4) is 0 Å². The molecule has 8 heteroatoms. The van der Waals surface area contributed by atoms with Crippen LogP contribution >= 0.6 is 23.1 Å². The molecule has 1 saturated carbocycles. The third kappa shape index (κ3) is 4.47. The Morgan fingerprint density at radius 2 is 1.88 bits per heavy atom. The Labute approximate surface area is 193 Å². The molecule has 0 spiro atoms. The molecule has 0 saturated heterocycles. The van der Waals surface area contributed by atoms with E-state index in [-0.39, 0.29) is 29.6 Å². The number of hydrogen-bond donors (Lipinski definition) is 1. The fourth-order valence-electron chi connectivity index (χ4n) is 3.62. The number of benzene rings is 2. The van der Waals surface area contributed by atoms with E-state index in [1.807, 2.05) is 52.4 Å². The van der Waals surface area contributed by atoms with E-state index in [2.05, 4.69) is 15.5 Å². The molecule has 5 rings (SSSR count). The first kappa shape index (κ1) is 20.9. The van der Waals surface area contributed by atoms with Crippen molar-refractivity contribution >= 4 is 29.0 Å². The first-order valence-electron chi connectivity index (χ1n) is 10.4. The molecule has 162 valence electrons. The lowest BCUT2D eigenvalue weighted by Crippen LogP contribution is -2.30. The molecule has 5 nitrogen and oxygen atoms in total. The third-order valence-electron chi connectivity index (χ3n) is 5.29. The average Bonchev–Trinajstić information content (AvgIpc) is 3.33. The van der Waals surface area contributed by atoms with Crippen LogP contribution in [0, 0.1) is 5.82 Å². The van der Waals surface area contributed by atoms with Crippen molar-refractivity contribution in [2.75, 3.05) is 5.75 Å². The second-order valence-electron chi connectivity index (χ2n) is 7.60. The molecule has 4 aromatic rings. The van der Waals surface area contributed by atoms with Gasteiger partial charge < -0.3 is 5.32 Å². The fraction of sp³-hybridized carbons (Fsp3) is 0.208. The van der Waals surface area contributed by atoms with Gasteiger partial charge in [0, 0.05) is 10.9 Å². The predicted octanol–water partition coefficient (Wildman–Crippen LogP) is 5.48. The molecule has 1 amide bonds. The van der Waals surface area contributed by atoms with Crippen molar-refractivity contribution in [2.24, 2.45) is 0 Å². The molecule has 1 aliphatic rings. The molecule has 1 fully saturated rings. The number of thiophene rings is 1. The molecule has 1 atom stereocenters. The Bertz CT molecular complexity index is 1210. The first-order chi connectivity index (χ1) is 15.7. The number of nitrogens with one attached hydrogen (secondary N) is 1. The predicted molar refractivity (Wildman–Crippen MR) is 125 cm³/mol. The van der Waals surface area contributed by atoms with Crippen molar-refractivity contribution in [3.8, 4) is 11.4 Å². The monoisotopic (exact) mass is 464 g/mol. The molecule has 32 heavy (non-hydrogen) atoms. The number of amides is 1. The van der Waals surface area contributed by atoms with Crippen molar-refractivity contribution in [3.63, 3.8) is 0 Å².